The molecule has 25 heavy (non-hydrogen) atoms. The molecule has 0 bridgehead atoms. The Labute approximate surface area is 148 Å². The lowest BCUT2D eigenvalue weighted by Crippen LogP contribution is -2.21. The number of aliphatic carboxylic acids is 1. The van der Waals surface area contributed by atoms with E-state index in [9.17, 15) is 15.0 Å². The number of hydrogen-bond acceptors (Lipinski definition) is 4. The summed E-state index contributed by atoms with van der Waals surface area (Å²) in [5, 5.41) is 18.9. The number of hydrogen-bond donors (Lipinski definition) is 3. The van der Waals surface area contributed by atoms with Crippen LogP contribution >= 0.6 is 0 Å². The van der Waals surface area contributed by atoms with Crippen LogP contribution in [0.25, 0.3) is 0 Å². The van der Waals surface area contributed by atoms with Crippen molar-refractivity contribution in [3.63, 3.8) is 0 Å². The Morgan fingerprint density at radius 2 is 2.12 bits per heavy atom. The van der Waals surface area contributed by atoms with Gasteiger partial charge in [-0.1, -0.05) is 11.6 Å². The quantitative estimate of drug-likeness (QED) is 0.491. The minimum absolute atomic E-state index is 0.0221. The van der Waals surface area contributed by atoms with E-state index in [0.29, 0.717) is 25.1 Å². The van der Waals surface area contributed by atoms with Gasteiger partial charge in [0.1, 0.15) is 11.5 Å². The lowest BCUT2D eigenvalue weighted by molar-refractivity contribution is -0.142. The number of aryl methyl sites for hydroxylation is 1. The first-order chi connectivity index (χ1) is 11.8. The predicted octanol–water partition coefficient (Wildman–Crippen LogP) is 3.90. The highest BCUT2D eigenvalue weighted by molar-refractivity contribution is 5.72. The van der Waals surface area contributed by atoms with Crippen LogP contribution in [0.2, 0.25) is 0 Å². The van der Waals surface area contributed by atoms with E-state index in [2.05, 4.69) is 6.58 Å². The number of rotatable bonds is 8. The summed E-state index contributed by atoms with van der Waals surface area (Å²) in [6, 6.07) is 5.84. The van der Waals surface area contributed by atoms with Crippen molar-refractivity contribution in [3.8, 4) is 5.75 Å². The zero-order valence-corrected chi connectivity index (χ0v) is 14.9. The van der Waals surface area contributed by atoms with Gasteiger partial charge in [0.2, 0.25) is 0 Å². The first-order valence-corrected chi connectivity index (χ1v) is 8.56. The number of carboxylic acids is 1. The number of aliphatic hydroxyl groups is 1. The highest BCUT2D eigenvalue weighted by Crippen LogP contribution is 2.42. The first-order valence-electron chi connectivity index (χ1n) is 8.56. The molecule has 1 aliphatic rings. The molecule has 0 saturated carbocycles. The van der Waals surface area contributed by atoms with Crippen molar-refractivity contribution in [1.82, 2.24) is 0 Å². The summed E-state index contributed by atoms with van der Waals surface area (Å²) >= 11 is 0. The number of fused-ring (bicyclic) bond motifs is 1. The van der Waals surface area contributed by atoms with Gasteiger partial charge in [-0.15, -0.1) is 6.58 Å². The standard InChI is InChI=1S/C20H27NO4/c1-12(2)10-18(20(23)24)17-6-4-14-11-15(5-7-16(14)17)25-9-8-19(21)13(3)22/h5,7,11,17-18,22H,1,4,6,8-10,21H2,2-3H3,(H,23,24)/b19-13-. The molecule has 0 heterocycles. The zero-order valence-electron chi connectivity index (χ0n) is 14.9. The molecule has 0 aromatic heterocycles. The largest absolute Gasteiger partial charge is 0.511 e. The van der Waals surface area contributed by atoms with E-state index < -0.39 is 11.9 Å². The molecule has 0 aliphatic heterocycles. The number of carboxylic acid groups (broad SMARTS) is 1. The van der Waals surface area contributed by atoms with Crippen LogP contribution in [0, 0.1) is 5.92 Å². The number of allylic oxidation sites excluding steroid dienone is 2. The van der Waals surface area contributed by atoms with Crippen molar-refractivity contribution in [2.75, 3.05) is 6.61 Å². The van der Waals surface area contributed by atoms with Crippen molar-refractivity contribution < 1.29 is 19.7 Å². The molecule has 0 spiro atoms. The molecule has 136 valence electrons. The Morgan fingerprint density at radius 3 is 2.72 bits per heavy atom. The molecule has 0 amide bonds. The summed E-state index contributed by atoms with van der Waals surface area (Å²) in [4.78, 5) is 11.7. The first kappa shape index (κ1) is 18.9. The average molecular weight is 345 g/mol. The van der Waals surface area contributed by atoms with Gasteiger partial charge in [-0.2, -0.15) is 0 Å². The molecule has 0 radical (unpaired) electrons. The van der Waals surface area contributed by atoms with Crippen LogP contribution in [0.1, 0.15) is 50.2 Å². The summed E-state index contributed by atoms with van der Waals surface area (Å²) in [6.07, 6.45) is 2.66. The second kappa shape index (κ2) is 8.10. The van der Waals surface area contributed by atoms with E-state index in [0.717, 1.165) is 35.3 Å². The molecular formula is C20H27NO4. The molecule has 5 nitrogen and oxygen atoms in total. The maximum Gasteiger partial charge on any atom is 0.307 e. The SMILES string of the molecule is C=C(C)CC(C(=O)O)C1CCc2cc(OCC/C(N)=C(\C)O)ccc21. The lowest BCUT2D eigenvalue weighted by Gasteiger charge is -2.21. The smallest absolute Gasteiger partial charge is 0.307 e. The summed E-state index contributed by atoms with van der Waals surface area (Å²) in [5.74, 6) is -0.299. The molecule has 0 saturated heterocycles. The maximum atomic E-state index is 11.7. The van der Waals surface area contributed by atoms with E-state index in [1.165, 1.54) is 0 Å². The summed E-state index contributed by atoms with van der Waals surface area (Å²) < 4.78 is 5.70. The second-order valence-electron chi connectivity index (χ2n) is 6.82. The van der Waals surface area contributed by atoms with Gasteiger partial charge in [-0.25, -0.2) is 0 Å². The fourth-order valence-electron chi connectivity index (χ4n) is 3.37. The van der Waals surface area contributed by atoms with Gasteiger partial charge in [-0.3, -0.25) is 4.79 Å². The third-order valence-corrected chi connectivity index (χ3v) is 4.71. The normalized spacial score (nSPS) is 18.2. The maximum absolute atomic E-state index is 11.7. The van der Waals surface area contributed by atoms with Gasteiger partial charge in [-0.05, 0) is 62.3 Å². The van der Waals surface area contributed by atoms with Crippen LogP contribution in [0.5, 0.6) is 5.75 Å². The van der Waals surface area contributed by atoms with E-state index in [1.807, 2.05) is 25.1 Å². The molecule has 1 aliphatic carbocycles. The van der Waals surface area contributed by atoms with Crippen LogP contribution in [-0.4, -0.2) is 22.8 Å². The van der Waals surface area contributed by atoms with Gasteiger partial charge in [0.25, 0.3) is 0 Å². The van der Waals surface area contributed by atoms with Gasteiger partial charge >= 0.3 is 5.97 Å². The Kier molecular flexibility index (Phi) is 6.12. The van der Waals surface area contributed by atoms with Crippen LogP contribution < -0.4 is 10.5 Å². The number of nitrogens with two attached hydrogens (primary N) is 1. The molecule has 0 fully saturated rings. The Bertz CT molecular complexity index is 689. The van der Waals surface area contributed by atoms with Crippen LogP contribution in [0.15, 0.2) is 41.8 Å². The average Bonchev–Trinajstić information content (AvgIpc) is 2.94. The summed E-state index contributed by atoms with van der Waals surface area (Å²) in [7, 11) is 0. The van der Waals surface area contributed by atoms with Gasteiger partial charge in [0, 0.05) is 12.1 Å². The third-order valence-electron chi connectivity index (χ3n) is 4.71. The number of benzene rings is 1. The highest BCUT2D eigenvalue weighted by Gasteiger charge is 2.34. The van der Waals surface area contributed by atoms with Crippen LogP contribution in [0.4, 0.5) is 0 Å². The minimum Gasteiger partial charge on any atom is -0.511 e. The Balaban J connectivity index is 2.08. The van der Waals surface area contributed by atoms with E-state index in [1.54, 1.807) is 6.92 Å². The Hall–Kier alpha value is -2.43. The zero-order chi connectivity index (χ0) is 18.6. The molecule has 4 N–H and O–H groups in total. The number of ether oxygens (including phenoxy) is 1. The molecule has 1 aromatic carbocycles. The summed E-state index contributed by atoms with van der Waals surface area (Å²) in [5.41, 5.74) is 9.25. The predicted molar refractivity (Wildman–Crippen MR) is 97.7 cm³/mol. The minimum atomic E-state index is -0.761. The van der Waals surface area contributed by atoms with Gasteiger partial charge in [0.15, 0.2) is 0 Å². The molecule has 1 aromatic rings. The van der Waals surface area contributed by atoms with Crippen LogP contribution in [0.3, 0.4) is 0 Å². The monoisotopic (exact) mass is 345 g/mol. The van der Waals surface area contributed by atoms with Crippen molar-refractivity contribution in [1.29, 1.82) is 0 Å². The van der Waals surface area contributed by atoms with Crippen molar-refractivity contribution in [2.24, 2.45) is 11.7 Å². The topological polar surface area (TPSA) is 92.8 Å². The third kappa shape index (κ3) is 4.78. The van der Waals surface area contributed by atoms with Crippen molar-refractivity contribution >= 4 is 5.97 Å². The fourth-order valence-corrected chi connectivity index (χ4v) is 3.37. The molecule has 5 heteroatoms. The van der Waals surface area contributed by atoms with Crippen LogP contribution in [-0.2, 0) is 11.2 Å². The molecule has 2 unspecified atom stereocenters. The number of aliphatic hydroxyl groups excluding tert-OH is 1. The lowest BCUT2D eigenvalue weighted by atomic mass is 9.83. The van der Waals surface area contributed by atoms with E-state index >= 15 is 0 Å². The summed E-state index contributed by atoms with van der Waals surface area (Å²) in [6.45, 7) is 7.67. The van der Waals surface area contributed by atoms with Gasteiger partial charge < -0.3 is 20.7 Å². The molecule has 2 rings (SSSR count). The molecular weight excluding hydrogens is 318 g/mol. The van der Waals surface area contributed by atoms with E-state index in [4.69, 9.17) is 10.5 Å². The highest BCUT2D eigenvalue weighted by atomic mass is 16.5. The second-order valence-corrected chi connectivity index (χ2v) is 6.82. The Morgan fingerprint density at radius 1 is 1.40 bits per heavy atom. The van der Waals surface area contributed by atoms with Crippen molar-refractivity contribution in [2.45, 2.75) is 45.4 Å². The fraction of sp³-hybridized carbons (Fsp3) is 0.450. The van der Waals surface area contributed by atoms with Crippen molar-refractivity contribution in [3.05, 3.63) is 52.9 Å². The number of carbonyl (C=O) groups is 1. The molecule has 2 atom stereocenters. The van der Waals surface area contributed by atoms with E-state index in [-0.39, 0.29) is 11.7 Å². The van der Waals surface area contributed by atoms with Gasteiger partial charge in [0.05, 0.1) is 12.5 Å².